The second kappa shape index (κ2) is 1.80. The van der Waals surface area contributed by atoms with Gasteiger partial charge >= 0.3 is 0 Å². The summed E-state index contributed by atoms with van der Waals surface area (Å²) in [5, 5.41) is 0. The maximum Gasteiger partial charge on any atom is 0.155 e. The topological polar surface area (TPSA) is 30.2 Å². The lowest BCUT2D eigenvalue weighted by Crippen LogP contribution is -1.85. The van der Waals surface area contributed by atoms with Gasteiger partial charge in [-0.25, -0.2) is 4.98 Å². The summed E-state index contributed by atoms with van der Waals surface area (Å²) in [6.07, 6.45) is 6.72. The maximum absolute atomic E-state index is 5.55. The fraction of sp³-hybridized carbons (Fsp3) is 0. The zero-order valence-electron chi connectivity index (χ0n) is 5.23. The minimum absolute atomic E-state index is 0.636. The van der Waals surface area contributed by atoms with Gasteiger partial charge < -0.3 is 4.40 Å². The average molecular weight is 131 g/mol. The van der Waals surface area contributed by atoms with E-state index in [4.69, 9.17) is 6.92 Å². The summed E-state index contributed by atoms with van der Waals surface area (Å²) in [5.41, 5.74) is 1.41. The van der Waals surface area contributed by atoms with E-state index >= 15 is 0 Å². The van der Waals surface area contributed by atoms with Crippen LogP contribution < -0.4 is 0 Å². The first-order valence-corrected chi connectivity index (χ1v) is 2.90. The number of fused-ring (bicyclic) bond motifs is 1. The van der Waals surface area contributed by atoms with E-state index in [0.717, 1.165) is 5.65 Å². The molecule has 3 heteroatoms. The predicted octanol–water partition coefficient (Wildman–Crippen LogP) is 0.788. The first-order valence-electron chi connectivity index (χ1n) is 2.90. The van der Waals surface area contributed by atoms with Gasteiger partial charge in [0.05, 0.1) is 6.20 Å². The lowest BCUT2D eigenvalue weighted by molar-refractivity contribution is 1.10. The molecule has 0 spiro atoms. The van der Waals surface area contributed by atoms with Gasteiger partial charge in [0.2, 0.25) is 0 Å². The van der Waals surface area contributed by atoms with Crippen LogP contribution in [0.15, 0.2) is 24.8 Å². The Morgan fingerprint density at radius 2 is 2.30 bits per heavy atom. The van der Waals surface area contributed by atoms with Gasteiger partial charge in [0.25, 0.3) is 0 Å². The van der Waals surface area contributed by atoms with Gasteiger partial charge in [-0.1, -0.05) is 0 Å². The van der Waals surface area contributed by atoms with Gasteiger partial charge in [-0.3, -0.25) is 4.98 Å². The molecule has 0 N–H and O–H groups in total. The van der Waals surface area contributed by atoms with E-state index in [2.05, 4.69) is 9.97 Å². The Kier molecular flexibility index (Phi) is 0.974. The highest BCUT2D eigenvalue weighted by Crippen LogP contribution is 2.01. The van der Waals surface area contributed by atoms with Crippen molar-refractivity contribution in [2.24, 2.45) is 0 Å². The van der Waals surface area contributed by atoms with Gasteiger partial charge in [0.1, 0.15) is 0 Å². The second-order valence-corrected chi connectivity index (χ2v) is 1.99. The van der Waals surface area contributed by atoms with Crippen LogP contribution in [0.2, 0.25) is 0 Å². The van der Waals surface area contributed by atoms with Crippen LogP contribution in [0.4, 0.5) is 0 Å². The second-order valence-electron chi connectivity index (χ2n) is 1.99. The van der Waals surface area contributed by atoms with Gasteiger partial charge in [-0.2, -0.15) is 0 Å². The summed E-state index contributed by atoms with van der Waals surface area (Å²) >= 11 is 0. The highest BCUT2D eigenvalue weighted by Gasteiger charge is 1.94. The predicted molar refractivity (Wildman–Crippen MR) is 36.4 cm³/mol. The van der Waals surface area contributed by atoms with Crippen molar-refractivity contribution < 1.29 is 0 Å². The molecule has 0 aromatic carbocycles. The summed E-state index contributed by atoms with van der Waals surface area (Å²) in [7, 11) is 0. The molecule has 0 aliphatic heterocycles. The molecular formula is C7H5N3. The van der Waals surface area contributed by atoms with Crippen LogP contribution in [0.1, 0.15) is 5.69 Å². The Morgan fingerprint density at radius 1 is 1.40 bits per heavy atom. The molecule has 0 aliphatic rings. The molecule has 0 amide bonds. The van der Waals surface area contributed by atoms with E-state index in [0.29, 0.717) is 5.69 Å². The zero-order chi connectivity index (χ0) is 6.97. The molecule has 2 heterocycles. The standard InChI is InChI=1S/C7H5N3/c1-6-4-9-7-5-8-2-3-10(6)7/h1-5H. The first-order chi connectivity index (χ1) is 4.88. The fourth-order valence-corrected chi connectivity index (χ4v) is 0.862. The lowest BCUT2D eigenvalue weighted by atomic mass is 10.5. The molecule has 2 radical (unpaired) electrons. The molecule has 2 aromatic heterocycles. The quantitative estimate of drug-likeness (QED) is 0.529. The molecule has 0 fully saturated rings. The van der Waals surface area contributed by atoms with Gasteiger partial charge in [0, 0.05) is 31.2 Å². The van der Waals surface area contributed by atoms with Crippen molar-refractivity contribution in [3.05, 3.63) is 37.4 Å². The van der Waals surface area contributed by atoms with Crippen LogP contribution in [0.3, 0.4) is 0 Å². The molecule has 0 bridgehead atoms. The molecule has 0 unspecified atom stereocenters. The van der Waals surface area contributed by atoms with E-state index < -0.39 is 0 Å². The third kappa shape index (κ3) is 0.603. The monoisotopic (exact) mass is 131 g/mol. The van der Waals surface area contributed by atoms with Crippen molar-refractivity contribution in [1.82, 2.24) is 14.4 Å². The highest BCUT2D eigenvalue weighted by molar-refractivity contribution is 5.37. The van der Waals surface area contributed by atoms with Crippen LogP contribution in [0.5, 0.6) is 0 Å². The zero-order valence-corrected chi connectivity index (χ0v) is 5.23. The van der Waals surface area contributed by atoms with Gasteiger partial charge in [0.15, 0.2) is 5.65 Å². The van der Waals surface area contributed by atoms with E-state index in [1.165, 1.54) is 0 Å². The third-order valence-corrected chi connectivity index (χ3v) is 1.35. The molecule has 0 atom stereocenters. The largest absolute Gasteiger partial charge is 0.301 e. The van der Waals surface area contributed by atoms with Crippen molar-refractivity contribution in [1.29, 1.82) is 0 Å². The minimum Gasteiger partial charge on any atom is -0.301 e. The number of rotatable bonds is 0. The molecule has 0 aliphatic carbocycles. The van der Waals surface area contributed by atoms with Crippen molar-refractivity contribution in [2.75, 3.05) is 0 Å². The Hall–Kier alpha value is -1.38. The molecular weight excluding hydrogens is 126 g/mol. The van der Waals surface area contributed by atoms with Gasteiger partial charge in [-0.05, 0) is 0 Å². The van der Waals surface area contributed by atoms with E-state index in [1.54, 1.807) is 29.2 Å². The van der Waals surface area contributed by atoms with Crippen LogP contribution in [-0.2, 0) is 0 Å². The smallest absolute Gasteiger partial charge is 0.155 e. The van der Waals surface area contributed by atoms with Crippen molar-refractivity contribution in [3.8, 4) is 0 Å². The first kappa shape index (κ1) is 5.41. The molecule has 3 nitrogen and oxygen atoms in total. The van der Waals surface area contributed by atoms with Crippen molar-refractivity contribution >= 4 is 5.65 Å². The Balaban J connectivity index is 2.93. The maximum atomic E-state index is 5.55. The minimum atomic E-state index is 0.636. The molecule has 2 aromatic rings. The molecule has 0 saturated carbocycles. The summed E-state index contributed by atoms with van der Waals surface area (Å²) < 4.78 is 1.77. The Bertz CT molecular complexity index is 350. The number of imidazole rings is 1. The van der Waals surface area contributed by atoms with Crippen LogP contribution >= 0.6 is 0 Å². The number of aromatic nitrogens is 3. The number of nitrogens with zero attached hydrogens (tertiary/aromatic N) is 3. The van der Waals surface area contributed by atoms with Crippen molar-refractivity contribution in [3.63, 3.8) is 0 Å². The van der Waals surface area contributed by atoms with Crippen LogP contribution in [0, 0.1) is 6.92 Å². The number of hydrogen-bond donors (Lipinski definition) is 0. The summed E-state index contributed by atoms with van der Waals surface area (Å²) in [4.78, 5) is 7.88. The highest BCUT2D eigenvalue weighted by atomic mass is 15.0. The molecule has 48 valence electrons. The van der Waals surface area contributed by atoms with Gasteiger partial charge in [-0.15, -0.1) is 0 Å². The SMILES string of the molecule is [CH]c1cnc2cnccn12. The lowest BCUT2D eigenvalue weighted by Gasteiger charge is -1.90. The van der Waals surface area contributed by atoms with Crippen molar-refractivity contribution in [2.45, 2.75) is 0 Å². The van der Waals surface area contributed by atoms with E-state index in [1.807, 2.05) is 0 Å². The number of hydrogen-bond acceptors (Lipinski definition) is 2. The summed E-state index contributed by atoms with van der Waals surface area (Å²) in [6, 6.07) is 0. The average Bonchev–Trinajstić information content (AvgIpc) is 2.34. The third-order valence-electron chi connectivity index (χ3n) is 1.35. The molecule has 2 rings (SSSR count). The summed E-state index contributed by atoms with van der Waals surface area (Å²) in [6.45, 7) is 5.55. The summed E-state index contributed by atoms with van der Waals surface area (Å²) in [5.74, 6) is 0. The Morgan fingerprint density at radius 3 is 3.10 bits per heavy atom. The van der Waals surface area contributed by atoms with Crippen LogP contribution in [0.25, 0.3) is 5.65 Å². The van der Waals surface area contributed by atoms with E-state index in [9.17, 15) is 0 Å². The Labute approximate surface area is 58.4 Å². The normalized spacial score (nSPS) is 10.5. The molecule has 10 heavy (non-hydrogen) atoms. The van der Waals surface area contributed by atoms with Crippen LogP contribution in [-0.4, -0.2) is 14.4 Å². The molecule has 0 saturated heterocycles. The fourth-order valence-electron chi connectivity index (χ4n) is 0.862. The van der Waals surface area contributed by atoms with E-state index in [-0.39, 0.29) is 0 Å².